The SMILES string of the molecule is CCNC(=NCCNC(=O)OC(C)(C)C)N1CC2CCCCC2C1. The third-order valence-corrected chi connectivity index (χ3v) is 4.65. The molecule has 0 spiro atoms. The van der Waals surface area contributed by atoms with Crippen LogP contribution in [0.2, 0.25) is 0 Å². The van der Waals surface area contributed by atoms with Gasteiger partial charge in [-0.2, -0.15) is 0 Å². The highest BCUT2D eigenvalue weighted by Gasteiger charge is 2.35. The van der Waals surface area contributed by atoms with E-state index in [1.54, 1.807) is 0 Å². The number of fused-ring (bicyclic) bond motifs is 1. The summed E-state index contributed by atoms with van der Waals surface area (Å²) in [6.07, 6.45) is 5.10. The minimum atomic E-state index is -0.464. The van der Waals surface area contributed by atoms with Gasteiger partial charge in [0, 0.05) is 26.2 Å². The number of ether oxygens (including phenoxy) is 1. The number of rotatable bonds is 4. The number of aliphatic imine (C=N–C) groups is 1. The highest BCUT2D eigenvalue weighted by molar-refractivity contribution is 5.80. The Bertz CT molecular complexity index is 431. The number of carbonyl (C=O) groups is 1. The van der Waals surface area contributed by atoms with E-state index in [0.717, 1.165) is 37.4 Å². The van der Waals surface area contributed by atoms with Gasteiger partial charge in [-0.15, -0.1) is 0 Å². The molecular formula is C18H34N4O2. The molecule has 0 aromatic rings. The summed E-state index contributed by atoms with van der Waals surface area (Å²) in [7, 11) is 0. The zero-order valence-electron chi connectivity index (χ0n) is 15.7. The van der Waals surface area contributed by atoms with Crippen molar-refractivity contribution in [1.82, 2.24) is 15.5 Å². The maximum atomic E-state index is 11.6. The van der Waals surface area contributed by atoms with Crippen molar-refractivity contribution in [3.8, 4) is 0 Å². The van der Waals surface area contributed by atoms with Crippen LogP contribution in [0.3, 0.4) is 0 Å². The number of guanidine groups is 1. The van der Waals surface area contributed by atoms with Gasteiger partial charge in [-0.05, 0) is 52.4 Å². The van der Waals surface area contributed by atoms with E-state index in [1.165, 1.54) is 25.7 Å². The number of alkyl carbamates (subject to hydrolysis) is 1. The summed E-state index contributed by atoms with van der Waals surface area (Å²) in [6.45, 7) is 11.8. The molecule has 0 aromatic carbocycles. The predicted octanol–water partition coefficient (Wildman–Crippen LogP) is 2.60. The summed E-state index contributed by atoms with van der Waals surface area (Å²) in [5, 5.41) is 6.16. The van der Waals surface area contributed by atoms with Crippen LogP contribution in [0.15, 0.2) is 4.99 Å². The zero-order valence-corrected chi connectivity index (χ0v) is 15.7. The molecular weight excluding hydrogens is 304 g/mol. The van der Waals surface area contributed by atoms with E-state index in [4.69, 9.17) is 4.74 Å². The second-order valence-corrected chi connectivity index (χ2v) is 7.87. The molecule has 24 heavy (non-hydrogen) atoms. The number of likely N-dealkylation sites (tertiary alicyclic amines) is 1. The molecule has 1 amide bonds. The molecule has 2 unspecified atom stereocenters. The summed E-state index contributed by atoms with van der Waals surface area (Å²) in [4.78, 5) is 18.7. The monoisotopic (exact) mass is 338 g/mol. The Balaban J connectivity index is 1.80. The second-order valence-electron chi connectivity index (χ2n) is 7.87. The van der Waals surface area contributed by atoms with Gasteiger partial charge in [-0.25, -0.2) is 4.79 Å². The van der Waals surface area contributed by atoms with Crippen LogP contribution in [-0.2, 0) is 4.74 Å². The fourth-order valence-corrected chi connectivity index (χ4v) is 3.64. The Kier molecular flexibility index (Phi) is 6.75. The number of nitrogens with zero attached hydrogens (tertiary/aromatic N) is 2. The Hall–Kier alpha value is -1.46. The molecule has 138 valence electrons. The summed E-state index contributed by atoms with van der Waals surface area (Å²) in [5.74, 6) is 2.66. The molecule has 6 nitrogen and oxygen atoms in total. The fourth-order valence-electron chi connectivity index (χ4n) is 3.64. The Morgan fingerprint density at radius 3 is 2.33 bits per heavy atom. The molecule has 1 saturated carbocycles. The van der Waals surface area contributed by atoms with E-state index in [9.17, 15) is 4.79 Å². The lowest BCUT2D eigenvalue weighted by Gasteiger charge is -2.22. The van der Waals surface area contributed by atoms with Gasteiger partial charge in [0.2, 0.25) is 0 Å². The Morgan fingerprint density at radius 2 is 1.79 bits per heavy atom. The lowest BCUT2D eigenvalue weighted by molar-refractivity contribution is 0.0529. The van der Waals surface area contributed by atoms with Gasteiger partial charge in [0.15, 0.2) is 5.96 Å². The molecule has 2 fully saturated rings. The molecule has 1 aliphatic carbocycles. The first kappa shape index (κ1) is 18.9. The number of amides is 1. The summed E-state index contributed by atoms with van der Waals surface area (Å²) >= 11 is 0. The van der Waals surface area contributed by atoms with Gasteiger partial charge in [0.05, 0.1) is 6.54 Å². The van der Waals surface area contributed by atoms with Crippen molar-refractivity contribution in [2.24, 2.45) is 16.8 Å². The first-order valence-electron chi connectivity index (χ1n) is 9.39. The summed E-state index contributed by atoms with van der Waals surface area (Å²) < 4.78 is 5.23. The molecule has 2 rings (SSSR count). The zero-order chi connectivity index (χ0) is 17.6. The Morgan fingerprint density at radius 1 is 1.17 bits per heavy atom. The first-order chi connectivity index (χ1) is 11.4. The highest BCUT2D eigenvalue weighted by atomic mass is 16.6. The van der Waals surface area contributed by atoms with E-state index in [2.05, 4.69) is 27.4 Å². The van der Waals surface area contributed by atoms with E-state index >= 15 is 0 Å². The van der Waals surface area contributed by atoms with Crippen molar-refractivity contribution in [3.05, 3.63) is 0 Å². The van der Waals surface area contributed by atoms with Gasteiger partial charge in [0.25, 0.3) is 0 Å². The molecule has 1 saturated heterocycles. The average Bonchev–Trinajstić information content (AvgIpc) is 2.92. The molecule has 2 atom stereocenters. The predicted molar refractivity (Wildman–Crippen MR) is 97.2 cm³/mol. The largest absolute Gasteiger partial charge is 0.444 e. The van der Waals surface area contributed by atoms with Crippen molar-refractivity contribution in [2.75, 3.05) is 32.7 Å². The molecule has 2 aliphatic rings. The van der Waals surface area contributed by atoms with Crippen molar-refractivity contribution < 1.29 is 9.53 Å². The van der Waals surface area contributed by atoms with E-state index in [1.807, 2.05) is 20.8 Å². The smallest absolute Gasteiger partial charge is 0.407 e. The van der Waals surface area contributed by atoms with Crippen LogP contribution in [0.1, 0.15) is 53.4 Å². The fraction of sp³-hybridized carbons (Fsp3) is 0.889. The second kappa shape index (κ2) is 8.58. The van der Waals surface area contributed by atoms with Crippen molar-refractivity contribution in [1.29, 1.82) is 0 Å². The van der Waals surface area contributed by atoms with Crippen LogP contribution in [0.4, 0.5) is 4.79 Å². The maximum absolute atomic E-state index is 11.6. The standard InChI is InChI=1S/C18H34N4O2/c1-5-19-16(20-10-11-21-17(23)24-18(2,3)4)22-12-14-8-6-7-9-15(14)13-22/h14-15H,5-13H2,1-4H3,(H,19,20)(H,21,23). The lowest BCUT2D eigenvalue weighted by atomic mass is 9.82. The van der Waals surface area contributed by atoms with Crippen LogP contribution in [0.5, 0.6) is 0 Å². The highest BCUT2D eigenvalue weighted by Crippen LogP contribution is 2.35. The minimum Gasteiger partial charge on any atom is -0.444 e. The first-order valence-corrected chi connectivity index (χ1v) is 9.39. The molecule has 1 heterocycles. The van der Waals surface area contributed by atoms with Gasteiger partial charge < -0.3 is 20.3 Å². The molecule has 0 radical (unpaired) electrons. The van der Waals surface area contributed by atoms with Gasteiger partial charge in [0.1, 0.15) is 5.60 Å². The number of hydrogen-bond donors (Lipinski definition) is 2. The maximum Gasteiger partial charge on any atom is 0.407 e. The number of nitrogens with one attached hydrogen (secondary N) is 2. The van der Waals surface area contributed by atoms with Crippen LogP contribution in [-0.4, -0.2) is 55.3 Å². The van der Waals surface area contributed by atoms with Crippen LogP contribution in [0, 0.1) is 11.8 Å². The van der Waals surface area contributed by atoms with Crippen molar-refractivity contribution in [3.63, 3.8) is 0 Å². The minimum absolute atomic E-state index is 0.380. The van der Waals surface area contributed by atoms with Crippen LogP contribution < -0.4 is 10.6 Å². The summed E-state index contributed by atoms with van der Waals surface area (Å²) in [6, 6.07) is 0. The molecule has 0 bridgehead atoms. The Labute approximate surface area is 146 Å². The molecule has 0 aromatic heterocycles. The van der Waals surface area contributed by atoms with E-state index in [0.29, 0.717) is 13.1 Å². The van der Waals surface area contributed by atoms with Crippen molar-refractivity contribution >= 4 is 12.1 Å². The van der Waals surface area contributed by atoms with E-state index in [-0.39, 0.29) is 6.09 Å². The third kappa shape index (κ3) is 5.87. The molecule has 1 aliphatic heterocycles. The topological polar surface area (TPSA) is 66.0 Å². The van der Waals surface area contributed by atoms with Crippen LogP contribution >= 0.6 is 0 Å². The van der Waals surface area contributed by atoms with Gasteiger partial charge in [-0.3, -0.25) is 4.99 Å². The van der Waals surface area contributed by atoms with E-state index < -0.39 is 5.60 Å². The number of carbonyl (C=O) groups excluding carboxylic acids is 1. The number of hydrogen-bond acceptors (Lipinski definition) is 3. The molecule has 2 N–H and O–H groups in total. The van der Waals surface area contributed by atoms with Gasteiger partial charge >= 0.3 is 6.09 Å². The third-order valence-electron chi connectivity index (χ3n) is 4.65. The summed E-state index contributed by atoms with van der Waals surface area (Å²) in [5.41, 5.74) is -0.464. The lowest BCUT2D eigenvalue weighted by Crippen LogP contribution is -2.41. The normalized spacial score (nSPS) is 24.5. The average molecular weight is 338 g/mol. The molecule has 6 heteroatoms. The quantitative estimate of drug-likeness (QED) is 0.470. The van der Waals surface area contributed by atoms with Crippen molar-refractivity contribution in [2.45, 2.75) is 59.0 Å². The van der Waals surface area contributed by atoms with Gasteiger partial charge in [-0.1, -0.05) is 12.8 Å². The van der Waals surface area contributed by atoms with Crippen LogP contribution in [0.25, 0.3) is 0 Å².